The van der Waals surface area contributed by atoms with Crippen LogP contribution < -0.4 is 5.32 Å². The van der Waals surface area contributed by atoms with Gasteiger partial charge in [-0.15, -0.1) is 0 Å². The fraction of sp³-hybridized carbons (Fsp3) is 0.867. The highest BCUT2D eigenvalue weighted by atomic mass is 16.4. The molecule has 0 bridgehead atoms. The summed E-state index contributed by atoms with van der Waals surface area (Å²) in [5, 5.41) is 12.1. The molecule has 1 saturated heterocycles. The first-order valence-electron chi connectivity index (χ1n) is 7.65. The predicted molar refractivity (Wildman–Crippen MR) is 78.8 cm³/mol. The zero-order valence-electron chi connectivity index (χ0n) is 12.9. The third kappa shape index (κ3) is 6.01. The van der Waals surface area contributed by atoms with Gasteiger partial charge in [0.1, 0.15) is 5.78 Å². The van der Waals surface area contributed by atoms with Gasteiger partial charge in [0.05, 0.1) is 12.6 Å². The Morgan fingerprint density at radius 3 is 2.35 bits per heavy atom. The second-order valence-corrected chi connectivity index (χ2v) is 6.04. The van der Waals surface area contributed by atoms with Crippen molar-refractivity contribution in [3.63, 3.8) is 0 Å². The molecule has 0 unspecified atom stereocenters. The minimum absolute atomic E-state index is 0.0453. The standard InChI is InChI=1S/C15H28N2O3/c1-4-14(18)13(16-11(2)3)9-12-5-7-17(8-6-12)10-15(19)20/h11-13,16H,4-10H2,1-3H3,(H,19,20)/t13-/m0/s1. The lowest BCUT2D eigenvalue weighted by Crippen LogP contribution is -2.44. The number of nitrogens with one attached hydrogen (secondary N) is 1. The van der Waals surface area contributed by atoms with Crippen molar-refractivity contribution in [2.24, 2.45) is 5.92 Å². The normalized spacial score (nSPS) is 19.2. The number of hydrogen-bond donors (Lipinski definition) is 2. The Balaban J connectivity index is 2.42. The molecule has 5 nitrogen and oxygen atoms in total. The van der Waals surface area contributed by atoms with Crippen molar-refractivity contribution in [3.05, 3.63) is 0 Å². The summed E-state index contributed by atoms with van der Waals surface area (Å²) >= 11 is 0. The van der Waals surface area contributed by atoms with Crippen LogP contribution in [-0.2, 0) is 9.59 Å². The molecule has 0 aromatic rings. The highest BCUT2D eigenvalue weighted by Gasteiger charge is 2.26. The van der Waals surface area contributed by atoms with E-state index in [2.05, 4.69) is 19.2 Å². The lowest BCUT2D eigenvalue weighted by atomic mass is 9.88. The molecule has 0 aromatic heterocycles. The SMILES string of the molecule is CCC(=O)[C@H](CC1CCN(CC(=O)O)CC1)NC(C)C. The largest absolute Gasteiger partial charge is 0.480 e. The van der Waals surface area contributed by atoms with Crippen LogP contribution in [0, 0.1) is 5.92 Å². The Morgan fingerprint density at radius 1 is 1.30 bits per heavy atom. The third-order valence-electron chi connectivity index (χ3n) is 3.91. The molecule has 0 radical (unpaired) electrons. The number of hydrogen-bond acceptors (Lipinski definition) is 4. The van der Waals surface area contributed by atoms with Crippen LogP contribution >= 0.6 is 0 Å². The van der Waals surface area contributed by atoms with Crippen molar-refractivity contribution >= 4 is 11.8 Å². The molecule has 0 amide bonds. The maximum Gasteiger partial charge on any atom is 0.317 e. The molecule has 20 heavy (non-hydrogen) atoms. The van der Waals surface area contributed by atoms with Crippen LogP contribution in [0.15, 0.2) is 0 Å². The zero-order chi connectivity index (χ0) is 15.1. The number of ketones is 1. The Bertz CT molecular complexity index is 323. The van der Waals surface area contributed by atoms with E-state index in [1.54, 1.807) is 0 Å². The minimum Gasteiger partial charge on any atom is -0.480 e. The summed E-state index contributed by atoms with van der Waals surface area (Å²) in [7, 11) is 0. The molecule has 1 heterocycles. The first-order valence-corrected chi connectivity index (χ1v) is 7.65. The summed E-state index contributed by atoms with van der Waals surface area (Å²) in [5.41, 5.74) is 0. The van der Waals surface area contributed by atoms with E-state index in [9.17, 15) is 9.59 Å². The summed E-state index contributed by atoms with van der Waals surface area (Å²) in [6, 6.07) is 0.263. The number of likely N-dealkylation sites (tertiary alicyclic amines) is 1. The van der Waals surface area contributed by atoms with Crippen molar-refractivity contribution in [2.75, 3.05) is 19.6 Å². The van der Waals surface area contributed by atoms with Crippen LogP contribution in [0.25, 0.3) is 0 Å². The first kappa shape index (κ1) is 17.1. The van der Waals surface area contributed by atoms with Crippen molar-refractivity contribution in [2.45, 2.75) is 58.5 Å². The lowest BCUT2D eigenvalue weighted by molar-refractivity contribution is -0.138. The van der Waals surface area contributed by atoms with Gasteiger partial charge in [0.15, 0.2) is 0 Å². The molecule has 0 spiro atoms. The number of nitrogens with zero attached hydrogens (tertiary/aromatic N) is 1. The molecule has 1 aliphatic heterocycles. The molecule has 0 aromatic carbocycles. The fourth-order valence-corrected chi connectivity index (χ4v) is 2.85. The lowest BCUT2D eigenvalue weighted by Gasteiger charge is -2.33. The van der Waals surface area contributed by atoms with Gasteiger partial charge in [-0.3, -0.25) is 14.5 Å². The van der Waals surface area contributed by atoms with Gasteiger partial charge in [0.2, 0.25) is 0 Å². The van der Waals surface area contributed by atoms with Gasteiger partial charge < -0.3 is 10.4 Å². The number of Topliss-reactive ketones (excluding diaryl/α,β-unsaturated/α-hetero) is 1. The predicted octanol–water partition coefficient (Wildman–Crippen LogP) is 1.52. The Kier molecular flexibility index (Phi) is 7.16. The van der Waals surface area contributed by atoms with Crippen LogP contribution in [0.1, 0.15) is 46.5 Å². The molecule has 2 N–H and O–H groups in total. The highest BCUT2D eigenvalue weighted by Crippen LogP contribution is 2.22. The van der Waals surface area contributed by atoms with E-state index in [-0.39, 0.29) is 18.4 Å². The van der Waals surface area contributed by atoms with Crippen molar-refractivity contribution in [1.29, 1.82) is 0 Å². The number of piperidine rings is 1. The number of rotatable bonds is 8. The molecule has 116 valence electrons. The molecule has 1 rings (SSSR count). The van der Waals surface area contributed by atoms with E-state index in [1.165, 1.54) is 0 Å². The number of aliphatic carboxylic acids is 1. The summed E-state index contributed by atoms with van der Waals surface area (Å²) < 4.78 is 0. The van der Waals surface area contributed by atoms with E-state index in [4.69, 9.17) is 5.11 Å². The molecule has 1 aliphatic rings. The Hall–Kier alpha value is -0.940. The van der Waals surface area contributed by atoms with Gasteiger partial charge in [0, 0.05) is 12.5 Å². The summed E-state index contributed by atoms with van der Waals surface area (Å²) in [6.45, 7) is 7.81. The summed E-state index contributed by atoms with van der Waals surface area (Å²) in [4.78, 5) is 24.6. The van der Waals surface area contributed by atoms with Crippen LogP contribution in [0.3, 0.4) is 0 Å². The monoisotopic (exact) mass is 284 g/mol. The number of carboxylic acid groups (broad SMARTS) is 1. The summed E-state index contributed by atoms with van der Waals surface area (Å²) in [5.74, 6) is 0.0439. The van der Waals surface area contributed by atoms with E-state index in [0.717, 1.165) is 32.4 Å². The van der Waals surface area contributed by atoms with Crippen LogP contribution in [-0.4, -0.2) is 53.5 Å². The van der Waals surface area contributed by atoms with Crippen molar-refractivity contribution < 1.29 is 14.7 Å². The molecule has 5 heteroatoms. The minimum atomic E-state index is -0.760. The Morgan fingerprint density at radius 2 is 1.90 bits per heavy atom. The molecule has 0 aliphatic carbocycles. The van der Waals surface area contributed by atoms with Crippen LogP contribution in [0.4, 0.5) is 0 Å². The molecular weight excluding hydrogens is 256 g/mol. The quantitative estimate of drug-likeness (QED) is 0.707. The highest BCUT2D eigenvalue weighted by molar-refractivity contribution is 5.83. The molecular formula is C15H28N2O3. The van der Waals surface area contributed by atoms with Gasteiger partial charge in [0.25, 0.3) is 0 Å². The van der Waals surface area contributed by atoms with Crippen molar-refractivity contribution in [3.8, 4) is 0 Å². The maximum atomic E-state index is 12.0. The molecule has 1 atom stereocenters. The second kappa shape index (κ2) is 8.37. The second-order valence-electron chi connectivity index (χ2n) is 6.04. The topological polar surface area (TPSA) is 69.6 Å². The molecule has 1 fully saturated rings. The first-order chi connectivity index (χ1) is 9.42. The van der Waals surface area contributed by atoms with Gasteiger partial charge in [-0.2, -0.15) is 0 Å². The Labute approximate surface area is 121 Å². The van der Waals surface area contributed by atoms with Crippen molar-refractivity contribution in [1.82, 2.24) is 10.2 Å². The summed E-state index contributed by atoms with van der Waals surface area (Å²) in [6.07, 6.45) is 3.43. The average Bonchev–Trinajstić information content (AvgIpc) is 2.38. The number of carbonyl (C=O) groups excluding carboxylic acids is 1. The van der Waals surface area contributed by atoms with E-state index >= 15 is 0 Å². The fourth-order valence-electron chi connectivity index (χ4n) is 2.85. The van der Waals surface area contributed by atoms with E-state index in [0.29, 0.717) is 18.4 Å². The zero-order valence-corrected chi connectivity index (χ0v) is 12.9. The average molecular weight is 284 g/mol. The van der Waals surface area contributed by atoms with Crippen LogP contribution in [0.2, 0.25) is 0 Å². The van der Waals surface area contributed by atoms with E-state index in [1.807, 2.05) is 11.8 Å². The van der Waals surface area contributed by atoms with Gasteiger partial charge in [-0.05, 0) is 38.3 Å². The van der Waals surface area contributed by atoms with Gasteiger partial charge >= 0.3 is 5.97 Å². The van der Waals surface area contributed by atoms with Gasteiger partial charge in [-0.1, -0.05) is 20.8 Å². The van der Waals surface area contributed by atoms with E-state index < -0.39 is 5.97 Å². The third-order valence-corrected chi connectivity index (χ3v) is 3.91. The number of carbonyl (C=O) groups is 2. The smallest absolute Gasteiger partial charge is 0.317 e. The maximum absolute atomic E-state index is 12.0. The van der Waals surface area contributed by atoms with Crippen LogP contribution in [0.5, 0.6) is 0 Å². The van der Waals surface area contributed by atoms with Gasteiger partial charge in [-0.25, -0.2) is 0 Å². The number of carboxylic acids is 1. The molecule has 0 saturated carbocycles.